The average molecular weight is 337 g/mol. The number of carbonyl (C=O) groups is 1. The Labute approximate surface area is 144 Å². The van der Waals surface area contributed by atoms with E-state index in [-0.39, 0.29) is 5.91 Å². The van der Waals surface area contributed by atoms with Crippen molar-refractivity contribution in [3.05, 3.63) is 54.4 Å². The predicted octanol–water partition coefficient (Wildman–Crippen LogP) is 1.33. The summed E-state index contributed by atoms with van der Waals surface area (Å²) in [7, 11) is 0. The Kier molecular flexibility index (Phi) is 4.24. The second-order valence-electron chi connectivity index (χ2n) is 6.25. The maximum Gasteiger partial charge on any atom is 0.227 e. The summed E-state index contributed by atoms with van der Waals surface area (Å²) < 4.78 is 1.59. The van der Waals surface area contributed by atoms with Gasteiger partial charge in [-0.15, -0.1) is 5.10 Å². The molecule has 1 aromatic carbocycles. The van der Waals surface area contributed by atoms with Gasteiger partial charge in [0.1, 0.15) is 12.2 Å². The molecule has 1 aliphatic heterocycles. The molecular weight excluding hydrogens is 318 g/mol. The lowest BCUT2D eigenvalue weighted by Gasteiger charge is -2.32. The van der Waals surface area contributed by atoms with Crippen molar-refractivity contribution < 1.29 is 4.79 Å². The van der Waals surface area contributed by atoms with E-state index in [1.165, 1.54) is 0 Å². The molecule has 8 heteroatoms. The van der Waals surface area contributed by atoms with E-state index in [4.69, 9.17) is 0 Å². The number of amides is 1. The van der Waals surface area contributed by atoms with Crippen LogP contribution in [0.5, 0.6) is 0 Å². The minimum Gasteiger partial charge on any atom is -0.348 e. The van der Waals surface area contributed by atoms with Gasteiger partial charge in [0.25, 0.3) is 0 Å². The Morgan fingerprint density at radius 1 is 1.28 bits per heavy atom. The molecule has 25 heavy (non-hydrogen) atoms. The number of likely N-dealkylation sites (tertiary alicyclic amines) is 1. The quantitative estimate of drug-likeness (QED) is 0.775. The van der Waals surface area contributed by atoms with Crippen LogP contribution in [0.15, 0.2) is 43.0 Å². The highest BCUT2D eigenvalue weighted by molar-refractivity contribution is 5.79. The van der Waals surface area contributed by atoms with Gasteiger partial charge in [-0.05, 0) is 41.0 Å². The maximum absolute atomic E-state index is 12.7. The first kappa shape index (κ1) is 15.5. The van der Waals surface area contributed by atoms with Crippen LogP contribution >= 0.6 is 0 Å². The molecule has 2 aromatic heterocycles. The normalized spacial score (nSPS) is 17.6. The lowest BCUT2D eigenvalue weighted by Crippen LogP contribution is -2.40. The number of benzene rings is 1. The zero-order chi connectivity index (χ0) is 17.1. The average Bonchev–Trinajstić information content (AvgIpc) is 3.36. The monoisotopic (exact) mass is 337 g/mol. The van der Waals surface area contributed by atoms with Gasteiger partial charge in [-0.2, -0.15) is 0 Å². The summed E-state index contributed by atoms with van der Waals surface area (Å²) >= 11 is 0. The Bertz CT molecular complexity index is 811. The number of carbonyl (C=O) groups excluding carboxylic acids is 1. The van der Waals surface area contributed by atoms with Crippen LogP contribution in [0.4, 0.5) is 0 Å². The lowest BCUT2D eigenvalue weighted by atomic mass is 9.96. The first-order chi connectivity index (χ1) is 12.3. The highest BCUT2D eigenvalue weighted by Crippen LogP contribution is 2.24. The molecule has 128 valence electrons. The van der Waals surface area contributed by atoms with E-state index in [0.717, 1.165) is 43.0 Å². The number of H-pyrrole nitrogens is 1. The Balaban J connectivity index is 1.39. The minimum atomic E-state index is 0.159. The minimum absolute atomic E-state index is 0.159. The molecule has 0 saturated carbocycles. The highest BCUT2D eigenvalue weighted by Gasteiger charge is 2.26. The van der Waals surface area contributed by atoms with Gasteiger partial charge in [-0.1, -0.05) is 12.1 Å². The highest BCUT2D eigenvalue weighted by atomic mass is 16.2. The summed E-state index contributed by atoms with van der Waals surface area (Å²) in [4.78, 5) is 22.1. The van der Waals surface area contributed by atoms with Crippen molar-refractivity contribution in [2.45, 2.75) is 25.2 Å². The van der Waals surface area contributed by atoms with E-state index in [1.807, 2.05) is 35.4 Å². The fraction of sp³-hybridized carbons (Fsp3) is 0.353. The Morgan fingerprint density at radius 3 is 2.88 bits per heavy atom. The Hall–Kier alpha value is -3.03. The molecule has 0 spiro atoms. The zero-order valence-electron chi connectivity index (χ0n) is 13.7. The van der Waals surface area contributed by atoms with Crippen molar-refractivity contribution >= 4 is 5.91 Å². The van der Waals surface area contributed by atoms with Crippen molar-refractivity contribution in [3.8, 4) is 5.69 Å². The standard InChI is InChI=1S/C17H19N7O/c25-16(23-9-1-2-14(11-23)17-18-7-8-19-17)10-13-3-5-15(6-4-13)24-12-20-21-22-24/h3-8,12,14H,1-2,9-11H2,(H,18,19)/t14-/m0/s1. The summed E-state index contributed by atoms with van der Waals surface area (Å²) in [5, 5.41) is 11.1. The van der Waals surface area contributed by atoms with Gasteiger partial charge < -0.3 is 9.88 Å². The molecule has 1 atom stereocenters. The molecule has 0 radical (unpaired) electrons. The van der Waals surface area contributed by atoms with Crippen LogP contribution < -0.4 is 0 Å². The number of hydrogen-bond donors (Lipinski definition) is 1. The third kappa shape index (κ3) is 3.42. The fourth-order valence-electron chi connectivity index (χ4n) is 3.26. The molecule has 0 unspecified atom stereocenters. The molecule has 8 nitrogen and oxygen atoms in total. The van der Waals surface area contributed by atoms with Gasteiger partial charge in [0.2, 0.25) is 5.91 Å². The first-order valence-corrected chi connectivity index (χ1v) is 8.39. The number of aromatic amines is 1. The van der Waals surface area contributed by atoms with Crippen LogP contribution in [-0.4, -0.2) is 54.1 Å². The van der Waals surface area contributed by atoms with Crippen molar-refractivity contribution in [2.24, 2.45) is 0 Å². The van der Waals surface area contributed by atoms with Gasteiger partial charge in [0, 0.05) is 31.4 Å². The van der Waals surface area contributed by atoms with Crippen molar-refractivity contribution in [3.63, 3.8) is 0 Å². The first-order valence-electron chi connectivity index (χ1n) is 8.39. The van der Waals surface area contributed by atoms with E-state index in [0.29, 0.717) is 12.3 Å². The summed E-state index contributed by atoms with van der Waals surface area (Å²) in [5.74, 6) is 1.43. The van der Waals surface area contributed by atoms with E-state index >= 15 is 0 Å². The van der Waals surface area contributed by atoms with Gasteiger partial charge in [0.05, 0.1) is 12.1 Å². The smallest absolute Gasteiger partial charge is 0.227 e. The molecule has 0 bridgehead atoms. The Morgan fingerprint density at radius 2 is 2.16 bits per heavy atom. The molecule has 1 aliphatic rings. The molecule has 1 N–H and O–H groups in total. The van der Waals surface area contributed by atoms with E-state index in [2.05, 4.69) is 25.5 Å². The molecule has 0 aliphatic carbocycles. The topological polar surface area (TPSA) is 92.6 Å². The second-order valence-corrected chi connectivity index (χ2v) is 6.25. The SMILES string of the molecule is O=C(Cc1ccc(-n2cnnn2)cc1)N1CCC[C@H](c2ncc[nH]2)C1. The third-order valence-electron chi connectivity index (χ3n) is 4.59. The lowest BCUT2D eigenvalue weighted by molar-refractivity contribution is -0.131. The zero-order valence-corrected chi connectivity index (χ0v) is 13.7. The number of rotatable bonds is 4. The fourth-order valence-corrected chi connectivity index (χ4v) is 3.26. The second kappa shape index (κ2) is 6.84. The summed E-state index contributed by atoms with van der Waals surface area (Å²) in [6.45, 7) is 1.55. The number of tetrazole rings is 1. The number of imidazole rings is 1. The molecule has 1 fully saturated rings. The number of piperidine rings is 1. The summed E-state index contributed by atoms with van der Waals surface area (Å²) in [6, 6.07) is 7.73. The van der Waals surface area contributed by atoms with E-state index < -0.39 is 0 Å². The third-order valence-corrected chi connectivity index (χ3v) is 4.59. The predicted molar refractivity (Wildman–Crippen MR) is 90.0 cm³/mol. The van der Waals surface area contributed by atoms with Crippen LogP contribution in [0.1, 0.15) is 30.1 Å². The number of nitrogens with zero attached hydrogens (tertiary/aromatic N) is 6. The van der Waals surface area contributed by atoms with Gasteiger partial charge in [0.15, 0.2) is 0 Å². The van der Waals surface area contributed by atoms with Gasteiger partial charge in [-0.3, -0.25) is 4.79 Å². The molecule has 3 aromatic rings. The largest absolute Gasteiger partial charge is 0.348 e. The van der Waals surface area contributed by atoms with E-state index in [9.17, 15) is 4.79 Å². The number of nitrogens with one attached hydrogen (secondary N) is 1. The van der Waals surface area contributed by atoms with Crippen LogP contribution in [0.25, 0.3) is 5.69 Å². The summed E-state index contributed by atoms with van der Waals surface area (Å²) in [6.07, 6.45) is 7.63. The molecular formula is C17H19N7O. The van der Waals surface area contributed by atoms with Crippen LogP contribution in [0.3, 0.4) is 0 Å². The number of hydrogen-bond acceptors (Lipinski definition) is 5. The summed E-state index contributed by atoms with van der Waals surface area (Å²) in [5.41, 5.74) is 1.86. The van der Waals surface area contributed by atoms with Crippen LogP contribution in [-0.2, 0) is 11.2 Å². The van der Waals surface area contributed by atoms with Crippen LogP contribution in [0.2, 0.25) is 0 Å². The molecule has 4 rings (SSSR count). The van der Waals surface area contributed by atoms with Crippen molar-refractivity contribution in [1.82, 2.24) is 35.1 Å². The van der Waals surface area contributed by atoms with Gasteiger partial charge in [-0.25, -0.2) is 9.67 Å². The molecule has 1 amide bonds. The van der Waals surface area contributed by atoms with Crippen molar-refractivity contribution in [2.75, 3.05) is 13.1 Å². The van der Waals surface area contributed by atoms with Crippen LogP contribution in [0, 0.1) is 0 Å². The van der Waals surface area contributed by atoms with E-state index in [1.54, 1.807) is 17.2 Å². The number of aromatic nitrogens is 6. The molecule has 3 heterocycles. The van der Waals surface area contributed by atoms with Gasteiger partial charge >= 0.3 is 0 Å². The molecule has 1 saturated heterocycles. The maximum atomic E-state index is 12.7. The van der Waals surface area contributed by atoms with Crippen molar-refractivity contribution in [1.29, 1.82) is 0 Å².